The third kappa shape index (κ3) is 4.19. The van der Waals surface area contributed by atoms with Gasteiger partial charge in [0.05, 0.1) is 13.2 Å². The number of para-hydroxylation sites is 1. The molecule has 1 aromatic carbocycles. The molecular formula is C20H25N5O2. The molecule has 0 saturated carbocycles. The molecule has 3 heterocycles. The number of rotatable bonds is 5. The van der Waals surface area contributed by atoms with E-state index in [1.165, 1.54) is 0 Å². The number of hydrogen-bond acceptors (Lipinski definition) is 6. The minimum Gasteiger partial charge on any atom is -0.378 e. The van der Waals surface area contributed by atoms with Crippen molar-refractivity contribution in [3.8, 4) is 0 Å². The fraction of sp³-hybridized carbons (Fsp3) is 0.450. The van der Waals surface area contributed by atoms with Gasteiger partial charge in [-0.3, -0.25) is 4.79 Å². The fourth-order valence-corrected chi connectivity index (χ4v) is 3.58. The van der Waals surface area contributed by atoms with Crippen LogP contribution < -0.4 is 15.1 Å². The van der Waals surface area contributed by atoms with Crippen LogP contribution in [-0.2, 0) is 11.3 Å². The van der Waals surface area contributed by atoms with E-state index in [1.54, 1.807) is 12.3 Å². The van der Waals surface area contributed by atoms with E-state index in [2.05, 4.69) is 37.2 Å². The minimum absolute atomic E-state index is 0.172. The third-order valence-electron chi connectivity index (χ3n) is 5.05. The summed E-state index contributed by atoms with van der Waals surface area (Å²) in [5.41, 5.74) is 2.67. The number of benzene rings is 1. The zero-order valence-electron chi connectivity index (χ0n) is 15.4. The number of morpholine rings is 1. The van der Waals surface area contributed by atoms with Crippen molar-refractivity contribution in [3.05, 3.63) is 47.8 Å². The van der Waals surface area contributed by atoms with E-state index in [0.717, 1.165) is 63.5 Å². The molecule has 7 nitrogen and oxygen atoms in total. The molecule has 2 aromatic rings. The average molecular weight is 367 g/mol. The quantitative estimate of drug-likeness (QED) is 0.870. The van der Waals surface area contributed by atoms with E-state index >= 15 is 0 Å². The molecule has 0 unspecified atom stereocenters. The zero-order chi connectivity index (χ0) is 18.5. The van der Waals surface area contributed by atoms with Crippen LogP contribution in [0, 0.1) is 0 Å². The van der Waals surface area contributed by atoms with Crippen molar-refractivity contribution in [2.24, 2.45) is 0 Å². The van der Waals surface area contributed by atoms with E-state index in [1.807, 2.05) is 12.1 Å². The molecule has 1 aromatic heterocycles. The van der Waals surface area contributed by atoms with Crippen LogP contribution in [0.5, 0.6) is 0 Å². The average Bonchev–Trinajstić information content (AvgIpc) is 3.28. The Kier molecular flexibility index (Phi) is 5.48. The van der Waals surface area contributed by atoms with E-state index in [-0.39, 0.29) is 5.91 Å². The maximum atomic E-state index is 12.6. The van der Waals surface area contributed by atoms with Crippen molar-refractivity contribution >= 4 is 17.5 Å². The fourth-order valence-electron chi connectivity index (χ4n) is 3.58. The molecule has 0 atom stereocenters. The second-order valence-electron chi connectivity index (χ2n) is 6.85. The number of amides is 1. The maximum absolute atomic E-state index is 12.6. The summed E-state index contributed by atoms with van der Waals surface area (Å²) in [5, 5.41) is 3.01. The van der Waals surface area contributed by atoms with Crippen molar-refractivity contribution in [2.75, 3.05) is 49.2 Å². The van der Waals surface area contributed by atoms with Gasteiger partial charge in [-0.05, 0) is 30.5 Å². The Morgan fingerprint density at radius 1 is 1.04 bits per heavy atom. The maximum Gasteiger partial charge on any atom is 0.270 e. The van der Waals surface area contributed by atoms with Crippen molar-refractivity contribution in [1.82, 2.24) is 15.3 Å². The molecule has 2 saturated heterocycles. The van der Waals surface area contributed by atoms with E-state index < -0.39 is 0 Å². The smallest absolute Gasteiger partial charge is 0.270 e. The van der Waals surface area contributed by atoms with Crippen molar-refractivity contribution in [3.63, 3.8) is 0 Å². The Bertz CT molecular complexity index is 785. The van der Waals surface area contributed by atoms with Crippen LogP contribution in [0.15, 0.2) is 36.5 Å². The van der Waals surface area contributed by atoms with Gasteiger partial charge in [0, 0.05) is 44.6 Å². The summed E-state index contributed by atoms with van der Waals surface area (Å²) < 4.78 is 5.44. The molecule has 27 heavy (non-hydrogen) atoms. The number of anilines is 2. The summed E-state index contributed by atoms with van der Waals surface area (Å²) in [6, 6.07) is 9.86. The molecular weight excluding hydrogens is 342 g/mol. The lowest BCUT2D eigenvalue weighted by molar-refractivity contribution is 0.0945. The normalized spacial score (nSPS) is 17.2. The highest BCUT2D eigenvalue weighted by atomic mass is 16.5. The highest BCUT2D eigenvalue weighted by molar-refractivity contribution is 5.92. The second-order valence-corrected chi connectivity index (χ2v) is 6.85. The molecule has 2 aliphatic rings. The van der Waals surface area contributed by atoms with E-state index in [0.29, 0.717) is 18.2 Å². The van der Waals surface area contributed by atoms with Gasteiger partial charge in [0.15, 0.2) is 0 Å². The molecule has 1 amide bonds. The summed E-state index contributed by atoms with van der Waals surface area (Å²) in [4.78, 5) is 25.8. The summed E-state index contributed by atoms with van der Waals surface area (Å²) in [7, 11) is 0. The van der Waals surface area contributed by atoms with Crippen LogP contribution in [0.3, 0.4) is 0 Å². The van der Waals surface area contributed by atoms with Crippen LogP contribution in [0.2, 0.25) is 0 Å². The van der Waals surface area contributed by atoms with Crippen LogP contribution in [0.4, 0.5) is 11.6 Å². The Morgan fingerprint density at radius 2 is 1.81 bits per heavy atom. The van der Waals surface area contributed by atoms with Gasteiger partial charge in [0.25, 0.3) is 5.91 Å². The Labute approximate surface area is 159 Å². The van der Waals surface area contributed by atoms with Gasteiger partial charge in [-0.25, -0.2) is 9.97 Å². The summed E-state index contributed by atoms with van der Waals surface area (Å²) in [6.45, 7) is 5.60. The molecule has 0 radical (unpaired) electrons. The largest absolute Gasteiger partial charge is 0.378 e. The first-order chi connectivity index (χ1) is 13.3. The first-order valence-electron chi connectivity index (χ1n) is 9.58. The van der Waals surface area contributed by atoms with Gasteiger partial charge in [-0.2, -0.15) is 0 Å². The number of nitrogens with one attached hydrogen (secondary N) is 1. The number of ether oxygens (including phenoxy) is 1. The molecule has 2 fully saturated rings. The molecule has 4 rings (SSSR count). The number of carbonyl (C=O) groups is 1. The standard InChI is InChI=1S/C20H25N5O2/c26-19(17-7-8-21-20(23-17)25-9-3-4-10-25)22-15-16-5-1-2-6-18(16)24-11-13-27-14-12-24/h1-2,5-8H,3-4,9-15H2,(H,22,26). The summed E-state index contributed by atoms with van der Waals surface area (Å²) in [5.74, 6) is 0.475. The molecule has 1 N–H and O–H groups in total. The third-order valence-corrected chi connectivity index (χ3v) is 5.05. The van der Waals surface area contributed by atoms with Gasteiger partial charge < -0.3 is 19.9 Å². The topological polar surface area (TPSA) is 70.6 Å². The van der Waals surface area contributed by atoms with Crippen LogP contribution in [-0.4, -0.2) is 55.3 Å². The highest BCUT2D eigenvalue weighted by Gasteiger charge is 2.18. The van der Waals surface area contributed by atoms with Gasteiger partial charge >= 0.3 is 0 Å². The number of hydrogen-bond donors (Lipinski definition) is 1. The molecule has 0 aliphatic carbocycles. The van der Waals surface area contributed by atoms with Crippen molar-refractivity contribution < 1.29 is 9.53 Å². The summed E-state index contributed by atoms with van der Waals surface area (Å²) in [6.07, 6.45) is 3.97. The minimum atomic E-state index is -0.172. The first-order valence-corrected chi connectivity index (χ1v) is 9.58. The van der Waals surface area contributed by atoms with Crippen molar-refractivity contribution in [1.29, 1.82) is 0 Å². The van der Waals surface area contributed by atoms with Gasteiger partial charge in [0.2, 0.25) is 5.95 Å². The second kappa shape index (κ2) is 8.35. The first kappa shape index (κ1) is 17.7. The Balaban J connectivity index is 1.43. The SMILES string of the molecule is O=C(NCc1ccccc1N1CCOCC1)c1ccnc(N2CCCC2)n1. The van der Waals surface area contributed by atoms with Crippen LogP contribution >= 0.6 is 0 Å². The number of aromatic nitrogens is 2. The lowest BCUT2D eigenvalue weighted by atomic mass is 10.1. The molecule has 7 heteroatoms. The predicted molar refractivity (Wildman–Crippen MR) is 104 cm³/mol. The zero-order valence-corrected chi connectivity index (χ0v) is 15.4. The van der Waals surface area contributed by atoms with E-state index in [4.69, 9.17) is 4.74 Å². The Hall–Kier alpha value is -2.67. The van der Waals surface area contributed by atoms with Crippen LogP contribution in [0.25, 0.3) is 0 Å². The lowest BCUT2D eigenvalue weighted by Gasteiger charge is -2.30. The highest BCUT2D eigenvalue weighted by Crippen LogP contribution is 2.21. The van der Waals surface area contributed by atoms with Gasteiger partial charge in [-0.1, -0.05) is 18.2 Å². The number of carbonyl (C=O) groups excluding carboxylic acids is 1. The lowest BCUT2D eigenvalue weighted by Crippen LogP contribution is -2.37. The van der Waals surface area contributed by atoms with Gasteiger partial charge in [0.1, 0.15) is 5.69 Å². The van der Waals surface area contributed by atoms with Crippen molar-refractivity contribution in [2.45, 2.75) is 19.4 Å². The van der Waals surface area contributed by atoms with E-state index in [9.17, 15) is 4.79 Å². The molecule has 2 aliphatic heterocycles. The van der Waals surface area contributed by atoms with Crippen LogP contribution in [0.1, 0.15) is 28.9 Å². The molecule has 142 valence electrons. The van der Waals surface area contributed by atoms with Gasteiger partial charge in [-0.15, -0.1) is 0 Å². The predicted octanol–water partition coefficient (Wildman–Crippen LogP) is 1.84. The number of nitrogens with zero attached hydrogens (tertiary/aromatic N) is 4. The monoisotopic (exact) mass is 367 g/mol. The summed E-state index contributed by atoms with van der Waals surface area (Å²) >= 11 is 0. The Morgan fingerprint density at radius 3 is 2.63 bits per heavy atom. The molecule has 0 spiro atoms. The molecule has 0 bridgehead atoms.